The van der Waals surface area contributed by atoms with Gasteiger partial charge in [-0.2, -0.15) is 0 Å². The molecule has 0 bridgehead atoms. The van der Waals surface area contributed by atoms with Gasteiger partial charge in [-0.25, -0.2) is 0 Å². The molecule has 208 valence electrons. The van der Waals surface area contributed by atoms with E-state index in [9.17, 15) is 14.9 Å². The maximum atomic E-state index is 14.5. The van der Waals surface area contributed by atoms with E-state index in [2.05, 4.69) is 55.2 Å². The molecule has 0 saturated heterocycles. The summed E-state index contributed by atoms with van der Waals surface area (Å²) in [4.78, 5) is 30.7. The molecule has 0 aliphatic rings. The quantitative estimate of drug-likeness (QED) is 0.140. The fourth-order valence-corrected chi connectivity index (χ4v) is 5.81. The number of nitro benzene ring substituents is 1. The van der Waals surface area contributed by atoms with Gasteiger partial charge in [0.25, 0.3) is 11.2 Å². The summed E-state index contributed by atoms with van der Waals surface area (Å²) in [7, 11) is 0. The first kappa shape index (κ1) is 27.1. The number of fused-ring (bicyclic) bond motifs is 2. The van der Waals surface area contributed by atoms with Crippen LogP contribution in [0.2, 0.25) is 0 Å². The van der Waals surface area contributed by atoms with Gasteiger partial charge in [0.05, 0.1) is 21.8 Å². The average molecular weight is 554 g/mol. The van der Waals surface area contributed by atoms with Crippen LogP contribution in [0.25, 0.3) is 49.7 Å². The van der Waals surface area contributed by atoms with Crippen LogP contribution in [0.5, 0.6) is 0 Å². The number of aryl methyl sites for hydroxylation is 2. The molecule has 6 aromatic rings. The largest absolute Gasteiger partial charge is 0.274 e. The third kappa shape index (κ3) is 4.85. The van der Waals surface area contributed by atoms with Crippen LogP contribution in [0.4, 0.5) is 5.69 Å². The molecule has 0 aliphatic carbocycles. The first-order valence-corrected chi connectivity index (χ1v) is 14.4. The van der Waals surface area contributed by atoms with Crippen LogP contribution < -0.4 is 5.56 Å². The van der Waals surface area contributed by atoms with Crippen molar-refractivity contribution in [1.82, 2.24) is 9.55 Å². The van der Waals surface area contributed by atoms with Crippen molar-refractivity contribution < 1.29 is 4.92 Å². The van der Waals surface area contributed by atoms with Gasteiger partial charge in [0, 0.05) is 40.1 Å². The van der Waals surface area contributed by atoms with Gasteiger partial charge in [-0.05, 0) is 53.3 Å². The van der Waals surface area contributed by atoms with Crippen LogP contribution in [-0.4, -0.2) is 14.5 Å². The molecule has 0 amide bonds. The van der Waals surface area contributed by atoms with E-state index in [4.69, 9.17) is 0 Å². The number of non-ortho nitro benzene ring substituents is 1. The van der Waals surface area contributed by atoms with Gasteiger partial charge in [-0.15, -0.1) is 0 Å². The highest BCUT2D eigenvalue weighted by Gasteiger charge is 2.24. The molecule has 0 radical (unpaired) electrons. The molecule has 0 aliphatic heterocycles. The number of rotatable bonds is 8. The molecule has 2 heterocycles. The number of pyridine rings is 2. The van der Waals surface area contributed by atoms with Crippen molar-refractivity contribution in [2.75, 3.05) is 0 Å². The van der Waals surface area contributed by atoms with Crippen molar-refractivity contribution in [3.8, 4) is 28.1 Å². The van der Waals surface area contributed by atoms with Crippen LogP contribution in [0.3, 0.4) is 0 Å². The zero-order chi connectivity index (χ0) is 29.2. The van der Waals surface area contributed by atoms with E-state index in [1.54, 1.807) is 16.8 Å². The van der Waals surface area contributed by atoms with Gasteiger partial charge in [0.1, 0.15) is 0 Å². The van der Waals surface area contributed by atoms with E-state index in [1.807, 2.05) is 42.5 Å². The Kier molecular flexibility index (Phi) is 7.36. The summed E-state index contributed by atoms with van der Waals surface area (Å²) in [5.41, 5.74) is 6.67. The van der Waals surface area contributed by atoms with E-state index in [1.165, 1.54) is 23.3 Å². The van der Waals surface area contributed by atoms with E-state index >= 15 is 0 Å². The van der Waals surface area contributed by atoms with Crippen LogP contribution in [0.15, 0.2) is 108 Å². The Labute approximate surface area is 244 Å². The molecule has 0 unspecified atom stereocenters. The normalized spacial score (nSPS) is 11.3. The molecule has 0 atom stereocenters. The Morgan fingerprint density at radius 3 is 2.05 bits per heavy atom. The van der Waals surface area contributed by atoms with Crippen molar-refractivity contribution in [2.45, 2.75) is 39.5 Å². The maximum absolute atomic E-state index is 14.5. The average Bonchev–Trinajstić information content (AvgIpc) is 3.02. The van der Waals surface area contributed by atoms with E-state index in [0.717, 1.165) is 47.8 Å². The smallest absolute Gasteiger partial charge is 0.270 e. The van der Waals surface area contributed by atoms with E-state index in [0.29, 0.717) is 27.7 Å². The highest BCUT2D eigenvalue weighted by Crippen LogP contribution is 2.40. The molecule has 6 nitrogen and oxygen atoms in total. The van der Waals surface area contributed by atoms with Gasteiger partial charge in [-0.3, -0.25) is 24.5 Å². The monoisotopic (exact) mass is 553 g/mol. The number of benzene rings is 4. The molecule has 0 fully saturated rings. The lowest BCUT2D eigenvalue weighted by atomic mass is 9.91. The molecule has 2 aromatic heterocycles. The second kappa shape index (κ2) is 11.4. The third-order valence-corrected chi connectivity index (χ3v) is 7.78. The lowest BCUT2D eigenvalue weighted by Gasteiger charge is -2.22. The molecule has 6 heteroatoms. The fraction of sp³-hybridized carbons (Fsp3) is 0.167. The van der Waals surface area contributed by atoms with Crippen molar-refractivity contribution in [3.05, 3.63) is 135 Å². The molecule has 4 aromatic carbocycles. The standard InChI is InChI=1S/C36H31N3O3/c1-3-7-24-12-16-26(17-13-24)33-31-23-29(39(41)42)20-21-30(31)36(40)38(32-11-5-9-27-10-6-22-37-34(27)32)35(33)28-18-14-25(8-4-2)15-19-28/h5-6,9-23H,3-4,7-8H2,1-2H3. The number of para-hydroxylation sites is 1. The first-order valence-electron chi connectivity index (χ1n) is 14.4. The minimum Gasteiger partial charge on any atom is -0.274 e. The molecule has 42 heavy (non-hydrogen) atoms. The summed E-state index contributed by atoms with van der Waals surface area (Å²) in [6.07, 6.45) is 5.70. The zero-order valence-electron chi connectivity index (χ0n) is 23.7. The van der Waals surface area contributed by atoms with Crippen molar-refractivity contribution >= 4 is 27.4 Å². The van der Waals surface area contributed by atoms with Gasteiger partial charge >= 0.3 is 0 Å². The summed E-state index contributed by atoms with van der Waals surface area (Å²) in [6, 6.07) is 30.8. The number of nitro groups is 1. The SMILES string of the molecule is CCCc1ccc(-c2c(-c3ccc(CCC)cc3)n(-c3cccc4cccnc34)c(=O)c3ccc([N+](=O)[O-])cc23)cc1. The molecule has 0 saturated carbocycles. The van der Waals surface area contributed by atoms with Crippen LogP contribution in [0.1, 0.15) is 37.8 Å². The molecule has 6 rings (SSSR count). The Balaban J connectivity index is 1.80. The Morgan fingerprint density at radius 2 is 1.40 bits per heavy atom. The highest BCUT2D eigenvalue weighted by molar-refractivity contribution is 6.04. The topological polar surface area (TPSA) is 78.0 Å². The van der Waals surface area contributed by atoms with Crippen LogP contribution >= 0.6 is 0 Å². The highest BCUT2D eigenvalue weighted by atomic mass is 16.6. The minimum atomic E-state index is -0.410. The molecular weight excluding hydrogens is 522 g/mol. The number of aromatic nitrogens is 2. The third-order valence-electron chi connectivity index (χ3n) is 7.78. The Bertz CT molecular complexity index is 1990. The fourth-order valence-electron chi connectivity index (χ4n) is 5.81. The summed E-state index contributed by atoms with van der Waals surface area (Å²) < 4.78 is 1.74. The zero-order valence-corrected chi connectivity index (χ0v) is 23.7. The van der Waals surface area contributed by atoms with Crippen LogP contribution in [-0.2, 0) is 12.8 Å². The number of nitrogens with zero attached hydrogens (tertiary/aromatic N) is 3. The van der Waals surface area contributed by atoms with Gasteiger partial charge in [-0.1, -0.05) is 93.4 Å². The lowest BCUT2D eigenvalue weighted by Crippen LogP contribution is -2.22. The Morgan fingerprint density at radius 1 is 0.762 bits per heavy atom. The van der Waals surface area contributed by atoms with Gasteiger partial charge < -0.3 is 0 Å². The predicted octanol–water partition coefficient (Wildman–Crippen LogP) is 8.69. The summed E-state index contributed by atoms with van der Waals surface area (Å²) in [6.45, 7) is 4.30. The van der Waals surface area contributed by atoms with Crippen molar-refractivity contribution in [2.24, 2.45) is 0 Å². The number of hydrogen-bond acceptors (Lipinski definition) is 4. The van der Waals surface area contributed by atoms with Gasteiger partial charge in [0.2, 0.25) is 0 Å². The minimum absolute atomic E-state index is 0.0559. The second-order valence-electron chi connectivity index (χ2n) is 10.6. The Hall–Kier alpha value is -5.10. The van der Waals surface area contributed by atoms with Crippen molar-refractivity contribution in [1.29, 1.82) is 0 Å². The van der Waals surface area contributed by atoms with Crippen LogP contribution in [0, 0.1) is 10.1 Å². The first-order chi connectivity index (χ1) is 20.5. The van der Waals surface area contributed by atoms with E-state index < -0.39 is 4.92 Å². The molecular formula is C36H31N3O3. The van der Waals surface area contributed by atoms with E-state index in [-0.39, 0.29) is 11.2 Å². The summed E-state index contributed by atoms with van der Waals surface area (Å²) in [5.74, 6) is 0. The second-order valence-corrected chi connectivity index (χ2v) is 10.6. The maximum Gasteiger partial charge on any atom is 0.270 e. The van der Waals surface area contributed by atoms with Crippen molar-refractivity contribution in [3.63, 3.8) is 0 Å². The molecule has 0 spiro atoms. The molecule has 0 N–H and O–H groups in total. The summed E-state index contributed by atoms with van der Waals surface area (Å²) >= 11 is 0. The summed E-state index contributed by atoms with van der Waals surface area (Å²) in [5, 5.41) is 13.8. The predicted molar refractivity (Wildman–Crippen MR) is 170 cm³/mol. The van der Waals surface area contributed by atoms with Gasteiger partial charge in [0.15, 0.2) is 0 Å². The number of hydrogen-bond donors (Lipinski definition) is 0. The lowest BCUT2D eigenvalue weighted by molar-refractivity contribution is -0.384.